The van der Waals surface area contributed by atoms with E-state index in [0.717, 1.165) is 34.8 Å². The van der Waals surface area contributed by atoms with Crippen LogP contribution in [0, 0.1) is 6.92 Å². The first-order chi connectivity index (χ1) is 11.1. The van der Waals surface area contributed by atoms with Gasteiger partial charge in [0, 0.05) is 27.8 Å². The van der Waals surface area contributed by atoms with Gasteiger partial charge in [-0.2, -0.15) is 0 Å². The molecule has 0 bridgehead atoms. The molecule has 1 aliphatic carbocycles. The Morgan fingerprint density at radius 2 is 1.96 bits per heavy atom. The van der Waals surface area contributed by atoms with Gasteiger partial charge in [-0.05, 0) is 44.5 Å². The Hall–Kier alpha value is -2.20. The van der Waals surface area contributed by atoms with Gasteiger partial charge in [-0.3, -0.25) is 9.79 Å². The Labute approximate surface area is 139 Å². The van der Waals surface area contributed by atoms with Crippen LogP contribution in [-0.2, 0) is 4.79 Å². The maximum Gasteiger partial charge on any atom is 0.167 e. The van der Waals surface area contributed by atoms with E-state index in [1.165, 1.54) is 9.75 Å². The highest BCUT2D eigenvalue weighted by Crippen LogP contribution is 2.40. The number of fused-ring (bicyclic) bond motifs is 2. The van der Waals surface area contributed by atoms with E-state index in [1.54, 1.807) is 11.3 Å². The molecule has 4 heteroatoms. The van der Waals surface area contributed by atoms with Crippen molar-refractivity contribution < 1.29 is 4.79 Å². The number of Topliss-reactive ketones (excluding diaryl/α,β-unsaturated/α-hetero) is 1. The van der Waals surface area contributed by atoms with Crippen molar-refractivity contribution in [3.63, 3.8) is 0 Å². The van der Waals surface area contributed by atoms with Gasteiger partial charge in [-0.1, -0.05) is 12.1 Å². The lowest BCUT2D eigenvalue weighted by atomic mass is 9.81. The molecule has 1 saturated carbocycles. The predicted molar refractivity (Wildman–Crippen MR) is 95.9 cm³/mol. The highest BCUT2D eigenvalue weighted by molar-refractivity contribution is 7.12. The highest BCUT2D eigenvalue weighted by Gasteiger charge is 2.33. The Kier molecular flexibility index (Phi) is 3.42. The van der Waals surface area contributed by atoms with Crippen molar-refractivity contribution in [2.24, 2.45) is 4.99 Å². The maximum atomic E-state index is 12.8. The van der Waals surface area contributed by atoms with Crippen LogP contribution in [0.1, 0.15) is 35.4 Å². The van der Waals surface area contributed by atoms with Crippen molar-refractivity contribution >= 4 is 34.2 Å². The molecule has 2 heterocycles. The number of nitrogens with zero attached hydrogens (tertiary/aromatic N) is 1. The number of benzene rings is 1. The third kappa shape index (κ3) is 2.53. The molecule has 116 valence electrons. The number of thiophene rings is 1. The molecule has 0 saturated heterocycles. The van der Waals surface area contributed by atoms with Crippen LogP contribution in [0.4, 0.5) is 11.4 Å². The number of nitrogens with one attached hydrogen (secondary N) is 1. The number of ketones is 1. The van der Waals surface area contributed by atoms with E-state index in [0.29, 0.717) is 6.42 Å². The number of allylic oxidation sites excluding steroid dienone is 2. The molecule has 1 aromatic heterocycles. The first-order valence-corrected chi connectivity index (χ1v) is 8.68. The Bertz CT molecular complexity index is 860. The predicted octanol–water partition coefficient (Wildman–Crippen LogP) is 4.98. The minimum atomic E-state index is 0.198. The number of carbonyl (C=O) groups excluding carboxylic acids is 1. The van der Waals surface area contributed by atoms with Crippen molar-refractivity contribution in [3.8, 4) is 0 Å². The van der Waals surface area contributed by atoms with Crippen molar-refractivity contribution in [2.75, 3.05) is 5.32 Å². The fraction of sp³-hybridized carbons (Fsp3) is 0.263. The van der Waals surface area contributed by atoms with E-state index in [4.69, 9.17) is 4.99 Å². The molecule has 1 fully saturated rings. The van der Waals surface area contributed by atoms with Crippen molar-refractivity contribution in [1.29, 1.82) is 0 Å². The van der Waals surface area contributed by atoms with E-state index in [1.807, 2.05) is 31.2 Å². The van der Waals surface area contributed by atoms with Gasteiger partial charge in [0.1, 0.15) is 0 Å². The minimum absolute atomic E-state index is 0.198. The third-order valence-corrected chi connectivity index (χ3v) is 5.62. The van der Waals surface area contributed by atoms with Crippen LogP contribution < -0.4 is 5.32 Å². The number of hydrogen-bond acceptors (Lipinski definition) is 4. The lowest BCUT2D eigenvalue weighted by Crippen LogP contribution is -2.26. The molecule has 23 heavy (non-hydrogen) atoms. The topological polar surface area (TPSA) is 41.5 Å². The van der Waals surface area contributed by atoms with Crippen LogP contribution in [0.25, 0.3) is 0 Å². The summed E-state index contributed by atoms with van der Waals surface area (Å²) in [5, 5.41) is 3.36. The SMILES string of the molecule is CC1=C2C(=O)CC(c3ccc(C)s3)CC2=Nc2ccccc2N1. The van der Waals surface area contributed by atoms with E-state index in [9.17, 15) is 4.79 Å². The summed E-state index contributed by atoms with van der Waals surface area (Å²) in [5.41, 5.74) is 4.50. The molecule has 4 rings (SSSR count). The fourth-order valence-corrected chi connectivity index (χ4v) is 4.36. The van der Waals surface area contributed by atoms with Crippen molar-refractivity contribution in [3.05, 3.63) is 57.4 Å². The Morgan fingerprint density at radius 3 is 2.74 bits per heavy atom. The molecule has 2 aromatic rings. The number of aliphatic imine (C=N–C) groups is 1. The second-order valence-corrected chi connectivity index (χ2v) is 7.50. The lowest BCUT2D eigenvalue weighted by molar-refractivity contribution is -0.115. The summed E-state index contributed by atoms with van der Waals surface area (Å²) in [5.74, 6) is 0.450. The van der Waals surface area contributed by atoms with Crippen LogP contribution in [0.3, 0.4) is 0 Å². The molecule has 0 radical (unpaired) electrons. The van der Waals surface area contributed by atoms with E-state index >= 15 is 0 Å². The number of para-hydroxylation sites is 2. The van der Waals surface area contributed by atoms with Gasteiger partial charge in [-0.25, -0.2) is 0 Å². The fourth-order valence-electron chi connectivity index (χ4n) is 3.38. The van der Waals surface area contributed by atoms with Crippen LogP contribution in [-0.4, -0.2) is 11.5 Å². The van der Waals surface area contributed by atoms with E-state index in [-0.39, 0.29) is 11.7 Å². The van der Waals surface area contributed by atoms with Gasteiger partial charge in [-0.15, -0.1) is 11.3 Å². The number of carbonyl (C=O) groups is 1. The first kappa shape index (κ1) is 14.4. The zero-order chi connectivity index (χ0) is 16.0. The van der Waals surface area contributed by atoms with Crippen molar-refractivity contribution in [2.45, 2.75) is 32.6 Å². The second-order valence-electron chi connectivity index (χ2n) is 6.18. The molecular weight excluding hydrogens is 304 g/mol. The maximum absolute atomic E-state index is 12.8. The highest BCUT2D eigenvalue weighted by atomic mass is 32.1. The summed E-state index contributed by atoms with van der Waals surface area (Å²) in [6.45, 7) is 4.08. The number of anilines is 1. The van der Waals surface area contributed by atoms with Gasteiger partial charge >= 0.3 is 0 Å². The Morgan fingerprint density at radius 1 is 1.13 bits per heavy atom. The Balaban J connectivity index is 1.79. The molecule has 1 aromatic carbocycles. The van der Waals surface area contributed by atoms with E-state index in [2.05, 4.69) is 24.4 Å². The first-order valence-electron chi connectivity index (χ1n) is 7.86. The largest absolute Gasteiger partial charge is 0.357 e. The van der Waals surface area contributed by atoms with Gasteiger partial charge in [0.05, 0.1) is 22.7 Å². The minimum Gasteiger partial charge on any atom is -0.357 e. The van der Waals surface area contributed by atoms with E-state index < -0.39 is 0 Å². The zero-order valence-corrected chi connectivity index (χ0v) is 14.0. The molecule has 0 amide bonds. The smallest absolute Gasteiger partial charge is 0.167 e. The molecular formula is C19H18N2OS. The number of rotatable bonds is 1. The van der Waals surface area contributed by atoms with Gasteiger partial charge in [0.15, 0.2) is 5.78 Å². The van der Waals surface area contributed by atoms with Gasteiger partial charge in [0.25, 0.3) is 0 Å². The molecule has 1 N–H and O–H groups in total. The summed E-state index contributed by atoms with van der Waals surface area (Å²) >= 11 is 1.79. The summed E-state index contributed by atoms with van der Waals surface area (Å²) in [7, 11) is 0. The normalized spacial score (nSPS) is 20.3. The molecule has 0 spiro atoms. The second kappa shape index (κ2) is 5.46. The van der Waals surface area contributed by atoms with Gasteiger partial charge < -0.3 is 5.32 Å². The monoisotopic (exact) mass is 322 g/mol. The molecule has 1 atom stereocenters. The van der Waals surface area contributed by atoms with Crippen LogP contribution in [0.2, 0.25) is 0 Å². The average Bonchev–Trinajstić information content (AvgIpc) is 2.88. The summed E-state index contributed by atoms with van der Waals surface area (Å²) in [6, 6.07) is 12.3. The average molecular weight is 322 g/mol. The third-order valence-electron chi connectivity index (χ3n) is 4.46. The molecule has 1 unspecified atom stereocenters. The molecule has 2 aliphatic rings. The number of hydrogen-bond donors (Lipinski definition) is 1. The number of aryl methyl sites for hydroxylation is 1. The summed E-state index contributed by atoms with van der Waals surface area (Å²) in [6.07, 6.45) is 1.40. The summed E-state index contributed by atoms with van der Waals surface area (Å²) in [4.78, 5) is 20.2. The quantitative estimate of drug-likeness (QED) is 0.805. The van der Waals surface area contributed by atoms with Crippen LogP contribution in [0.5, 0.6) is 0 Å². The summed E-state index contributed by atoms with van der Waals surface area (Å²) < 4.78 is 0. The zero-order valence-electron chi connectivity index (χ0n) is 13.2. The standard InChI is InChI=1S/C19H18N2OS/c1-11-7-8-18(23-11)13-9-16-19(17(22)10-13)12(2)20-14-5-3-4-6-15(14)21-16/h3-8,13,20H,9-10H2,1-2H3. The molecule has 1 aliphatic heterocycles. The lowest BCUT2D eigenvalue weighted by Gasteiger charge is -2.24. The van der Waals surface area contributed by atoms with Gasteiger partial charge in [0.2, 0.25) is 0 Å². The van der Waals surface area contributed by atoms with Crippen LogP contribution in [0.15, 0.2) is 52.7 Å². The molecule has 3 nitrogen and oxygen atoms in total. The van der Waals surface area contributed by atoms with Crippen molar-refractivity contribution in [1.82, 2.24) is 0 Å². The van der Waals surface area contributed by atoms with Crippen LogP contribution >= 0.6 is 11.3 Å².